The lowest BCUT2D eigenvalue weighted by Gasteiger charge is -2.02. The Kier molecular flexibility index (Phi) is 3.52. The van der Waals surface area contributed by atoms with E-state index in [-0.39, 0.29) is 11.6 Å². The van der Waals surface area contributed by atoms with Crippen LogP contribution >= 0.6 is 11.6 Å². The highest BCUT2D eigenvalue weighted by Gasteiger charge is 2.12. The molecule has 3 rings (SSSR count). The summed E-state index contributed by atoms with van der Waals surface area (Å²) in [5.41, 5.74) is 1.89. The molecule has 0 unspecified atom stereocenters. The van der Waals surface area contributed by atoms with Crippen LogP contribution in [0.1, 0.15) is 0 Å². The zero-order valence-electron chi connectivity index (χ0n) is 11.2. The van der Waals surface area contributed by atoms with Crippen molar-refractivity contribution in [3.05, 3.63) is 69.7 Å². The molecule has 6 nitrogen and oxygen atoms in total. The molecule has 7 heteroatoms. The van der Waals surface area contributed by atoms with Gasteiger partial charge in [-0.05, 0) is 24.3 Å². The third-order valence-electron chi connectivity index (χ3n) is 3.14. The summed E-state index contributed by atoms with van der Waals surface area (Å²) in [7, 11) is 0. The van der Waals surface area contributed by atoms with Crippen LogP contribution in [0.25, 0.3) is 16.9 Å². The van der Waals surface area contributed by atoms with E-state index in [1.807, 2.05) is 0 Å². The van der Waals surface area contributed by atoms with Crippen molar-refractivity contribution in [1.82, 2.24) is 9.78 Å². The monoisotopic (exact) mass is 315 g/mol. The van der Waals surface area contributed by atoms with Crippen molar-refractivity contribution < 1.29 is 10.0 Å². The number of hydrogen-bond acceptors (Lipinski definition) is 4. The summed E-state index contributed by atoms with van der Waals surface area (Å²) in [6.07, 6.45) is 0. The van der Waals surface area contributed by atoms with Crippen molar-refractivity contribution in [2.75, 3.05) is 0 Å². The van der Waals surface area contributed by atoms with E-state index in [0.717, 1.165) is 5.56 Å². The standard InChI is InChI=1S/C15H10ClN3O3/c16-11-3-1-10(2-4-11)14-9-15(20)18(17-14)12-5-7-13(8-6-12)19(21)22/h1-9,20H. The van der Waals surface area contributed by atoms with Crippen LogP contribution in [0.5, 0.6) is 5.88 Å². The topological polar surface area (TPSA) is 81.2 Å². The van der Waals surface area contributed by atoms with Crippen molar-refractivity contribution in [2.45, 2.75) is 0 Å². The maximum absolute atomic E-state index is 10.7. The minimum Gasteiger partial charge on any atom is -0.493 e. The first-order valence-electron chi connectivity index (χ1n) is 6.34. The van der Waals surface area contributed by atoms with Gasteiger partial charge >= 0.3 is 0 Å². The van der Waals surface area contributed by atoms with E-state index >= 15 is 0 Å². The summed E-state index contributed by atoms with van der Waals surface area (Å²) in [6, 6.07) is 14.3. The third kappa shape index (κ3) is 2.64. The molecule has 0 fully saturated rings. The highest BCUT2D eigenvalue weighted by Crippen LogP contribution is 2.27. The Labute approximate surface area is 130 Å². The van der Waals surface area contributed by atoms with Crippen molar-refractivity contribution in [1.29, 1.82) is 0 Å². The van der Waals surface area contributed by atoms with Crippen molar-refractivity contribution in [3.8, 4) is 22.8 Å². The molecule has 22 heavy (non-hydrogen) atoms. The van der Waals surface area contributed by atoms with Crippen LogP contribution in [0.15, 0.2) is 54.6 Å². The minimum atomic E-state index is -0.480. The molecular weight excluding hydrogens is 306 g/mol. The number of non-ortho nitro benzene ring substituents is 1. The molecule has 110 valence electrons. The van der Waals surface area contributed by atoms with Crippen molar-refractivity contribution in [3.63, 3.8) is 0 Å². The van der Waals surface area contributed by atoms with E-state index in [0.29, 0.717) is 16.4 Å². The highest BCUT2D eigenvalue weighted by atomic mass is 35.5. The molecule has 0 radical (unpaired) electrons. The molecule has 0 spiro atoms. The number of aromatic nitrogens is 2. The van der Waals surface area contributed by atoms with Gasteiger partial charge in [0, 0.05) is 28.8 Å². The first-order chi connectivity index (χ1) is 10.5. The van der Waals surface area contributed by atoms with E-state index < -0.39 is 4.92 Å². The van der Waals surface area contributed by atoms with Gasteiger partial charge in [0.1, 0.15) is 0 Å². The summed E-state index contributed by atoms with van der Waals surface area (Å²) in [4.78, 5) is 10.2. The van der Waals surface area contributed by atoms with Gasteiger partial charge in [-0.2, -0.15) is 5.10 Å². The zero-order chi connectivity index (χ0) is 15.7. The van der Waals surface area contributed by atoms with Crippen LogP contribution < -0.4 is 0 Å². The van der Waals surface area contributed by atoms with E-state index in [1.54, 1.807) is 24.3 Å². The molecule has 0 bridgehead atoms. The smallest absolute Gasteiger partial charge is 0.269 e. The van der Waals surface area contributed by atoms with E-state index in [1.165, 1.54) is 35.0 Å². The third-order valence-corrected chi connectivity index (χ3v) is 3.39. The summed E-state index contributed by atoms with van der Waals surface area (Å²) < 4.78 is 1.31. The fourth-order valence-corrected chi connectivity index (χ4v) is 2.16. The fraction of sp³-hybridized carbons (Fsp3) is 0. The van der Waals surface area contributed by atoms with Crippen LogP contribution in [0.2, 0.25) is 5.02 Å². The van der Waals surface area contributed by atoms with Crippen LogP contribution in [0.3, 0.4) is 0 Å². The number of aromatic hydroxyl groups is 1. The predicted molar refractivity (Wildman–Crippen MR) is 82.3 cm³/mol. The lowest BCUT2D eigenvalue weighted by Crippen LogP contribution is -1.96. The maximum atomic E-state index is 10.7. The van der Waals surface area contributed by atoms with Crippen molar-refractivity contribution in [2.24, 2.45) is 0 Å². The number of nitro groups is 1. The second kappa shape index (κ2) is 5.50. The van der Waals surface area contributed by atoms with Gasteiger partial charge in [0.25, 0.3) is 5.69 Å². The summed E-state index contributed by atoms with van der Waals surface area (Å²) >= 11 is 5.84. The Balaban J connectivity index is 1.98. The molecule has 1 heterocycles. The molecule has 0 aliphatic carbocycles. The van der Waals surface area contributed by atoms with Gasteiger partial charge in [-0.25, -0.2) is 4.68 Å². The molecule has 2 aromatic carbocycles. The number of nitro benzene ring substituents is 1. The van der Waals surface area contributed by atoms with E-state index in [4.69, 9.17) is 11.6 Å². The maximum Gasteiger partial charge on any atom is 0.269 e. The molecule has 0 amide bonds. The normalized spacial score (nSPS) is 10.6. The largest absolute Gasteiger partial charge is 0.493 e. The number of benzene rings is 2. The first kappa shape index (κ1) is 14.1. The molecule has 3 aromatic rings. The Bertz CT molecular complexity index is 826. The summed E-state index contributed by atoms with van der Waals surface area (Å²) in [5, 5.41) is 25.6. The molecule has 0 aliphatic rings. The molecule has 1 aromatic heterocycles. The number of hydrogen-bond donors (Lipinski definition) is 1. The molecule has 0 saturated carbocycles. The molecule has 0 saturated heterocycles. The Morgan fingerprint density at radius 3 is 2.32 bits per heavy atom. The molecule has 0 atom stereocenters. The molecular formula is C15H10ClN3O3. The van der Waals surface area contributed by atoms with Gasteiger partial charge in [-0.3, -0.25) is 10.1 Å². The quantitative estimate of drug-likeness (QED) is 0.588. The number of rotatable bonds is 3. The van der Waals surface area contributed by atoms with Gasteiger partial charge in [0.15, 0.2) is 0 Å². The van der Waals surface area contributed by atoms with E-state index in [9.17, 15) is 15.2 Å². The number of nitrogens with zero attached hydrogens (tertiary/aromatic N) is 3. The highest BCUT2D eigenvalue weighted by molar-refractivity contribution is 6.30. The zero-order valence-corrected chi connectivity index (χ0v) is 11.9. The SMILES string of the molecule is O=[N+]([O-])c1ccc(-n2nc(-c3ccc(Cl)cc3)cc2O)cc1. The Hall–Kier alpha value is -2.86. The predicted octanol–water partition coefficient (Wildman–Crippen LogP) is 3.81. The summed E-state index contributed by atoms with van der Waals surface area (Å²) in [6.45, 7) is 0. The van der Waals surface area contributed by atoms with Crippen molar-refractivity contribution >= 4 is 17.3 Å². The number of halogens is 1. The average molecular weight is 316 g/mol. The lowest BCUT2D eigenvalue weighted by atomic mass is 10.2. The van der Waals surface area contributed by atoms with Crippen LogP contribution in [-0.2, 0) is 0 Å². The second-order valence-corrected chi connectivity index (χ2v) is 5.02. The van der Waals surface area contributed by atoms with E-state index in [2.05, 4.69) is 5.10 Å². The Morgan fingerprint density at radius 1 is 1.09 bits per heavy atom. The van der Waals surface area contributed by atoms with Crippen LogP contribution in [0, 0.1) is 10.1 Å². The van der Waals surface area contributed by atoms with Gasteiger partial charge in [-0.15, -0.1) is 0 Å². The van der Waals surface area contributed by atoms with Gasteiger partial charge < -0.3 is 5.11 Å². The fourth-order valence-electron chi connectivity index (χ4n) is 2.04. The second-order valence-electron chi connectivity index (χ2n) is 4.58. The minimum absolute atomic E-state index is 0.0201. The molecule has 1 N–H and O–H groups in total. The summed E-state index contributed by atoms with van der Waals surface area (Å²) in [5.74, 6) is -0.0567. The molecule has 0 aliphatic heterocycles. The van der Waals surface area contributed by atoms with Crippen LogP contribution in [0.4, 0.5) is 5.69 Å². The van der Waals surface area contributed by atoms with Gasteiger partial charge in [0.2, 0.25) is 5.88 Å². The van der Waals surface area contributed by atoms with Gasteiger partial charge in [-0.1, -0.05) is 23.7 Å². The average Bonchev–Trinajstić information content (AvgIpc) is 2.90. The van der Waals surface area contributed by atoms with Gasteiger partial charge in [0.05, 0.1) is 16.3 Å². The lowest BCUT2D eigenvalue weighted by molar-refractivity contribution is -0.384. The Morgan fingerprint density at radius 2 is 1.73 bits per heavy atom. The van der Waals surface area contributed by atoms with Crippen LogP contribution in [-0.4, -0.2) is 19.8 Å². The first-order valence-corrected chi connectivity index (χ1v) is 6.72.